The van der Waals surface area contributed by atoms with Crippen LogP contribution in [0.5, 0.6) is 0 Å². The number of hydrogen-bond acceptors (Lipinski definition) is 15. The van der Waals surface area contributed by atoms with Gasteiger partial charge in [-0.3, -0.25) is 37.3 Å². The minimum Gasteiger partial charge on any atom is -0.462 e. The molecule has 0 spiro atoms. The van der Waals surface area contributed by atoms with Crippen molar-refractivity contribution in [3.8, 4) is 0 Å². The number of rotatable bonds is 71. The van der Waals surface area contributed by atoms with Gasteiger partial charge in [-0.1, -0.05) is 246 Å². The van der Waals surface area contributed by atoms with E-state index >= 15 is 0 Å². The molecule has 98 heavy (non-hydrogen) atoms. The Balaban J connectivity index is 5.40. The zero-order chi connectivity index (χ0) is 71.8. The Morgan fingerprint density at radius 2 is 0.541 bits per heavy atom. The quantitative estimate of drug-likeness (QED) is 0.0169. The molecule has 564 valence electrons. The topological polar surface area (TPSA) is 237 Å². The summed E-state index contributed by atoms with van der Waals surface area (Å²) in [7, 11) is -9.97. The van der Waals surface area contributed by atoms with E-state index in [9.17, 15) is 43.2 Å². The van der Waals surface area contributed by atoms with E-state index in [2.05, 4.69) is 125 Å². The van der Waals surface area contributed by atoms with Crippen LogP contribution >= 0.6 is 15.6 Å². The fourth-order valence-electron chi connectivity index (χ4n) is 9.86. The highest BCUT2D eigenvalue weighted by molar-refractivity contribution is 7.47. The molecule has 0 aromatic heterocycles. The molecule has 0 rings (SSSR count). The molecule has 0 aromatic carbocycles. The monoisotopic (exact) mass is 1420 g/mol. The van der Waals surface area contributed by atoms with E-state index in [1.165, 1.54) is 70.6 Å². The summed E-state index contributed by atoms with van der Waals surface area (Å²) in [5, 5.41) is 10.6. The second kappa shape index (κ2) is 71.1. The number of esters is 4. The van der Waals surface area contributed by atoms with Crippen molar-refractivity contribution in [3.05, 3.63) is 109 Å². The van der Waals surface area contributed by atoms with Crippen molar-refractivity contribution in [2.75, 3.05) is 39.6 Å². The third-order valence-corrected chi connectivity index (χ3v) is 17.6. The maximum atomic E-state index is 13.1. The Labute approximate surface area is 594 Å². The van der Waals surface area contributed by atoms with Gasteiger partial charge in [-0.2, -0.15) is 0 Å². The van der Waals surface area contributed by atoms with Gasteiger partial charge in [0.25, 0.3) is 0 Å². The van der Waals surface area contributed by atoms with Crippen molar-refractivity contribution in [3.63, 3.8) is 0 Å². The van der Waals surface area contributed by atoms with Crippen LogP contribution in [0.25, 0.3) is 0 Å². The normalized spacial score (nSPS) is 14.6. The minimum atomic E-state index is -4.99. The van der Waals surface area contributed by atoms with Crippen LogP contribution in [-0.2, 0) is 65.4 Å². The maximum Gasteiger partial charge on any atom is 0.472 e. The summed E-state index contributed by atoms with van der Waals surface area (Å²) < 4.78 is 68.4. The molecule has 0 aliphatic rings. The van der Waals surface area contributed by atoms with Gasteiger partial charge in [0.1, 0.15) is 19.3 Å². The van der Waals surface area contributed by atoms with Crippen molar-refractivity contribution in [1.82, 2.24) is 0 Å². The standard InChI is InChI=1S/C79H136O17P2/c1-5-9-13-17-21-25-29-33-35-36-38-42-44-48-52-56-60-64-77(82)90-70-75(96-79(84)66-62-58-54-50-46-40-32-28-24-20-16-12-8-4)72-94-98(87,88)92-68-73(80)67-91-97(85,86)93-71-74(95-78(83)65-61-57-53-49-45-39-31-27-23-19-15-11-7-3)69-89-76(81)63-59-55-51-47-43-41-37-34-30-26-22-18-14-10-6-2/h9,13,21-22,25-28,31-35,37-38,42,48,52,73-75,80H,5-8,10-12,14-20,23-24,29-30,36,39-41,43-47,49-51,53-72H2,1-4H3,(H,85,86)(H,87,88)/b13-9-,25-21-,26-22-,31-27-,32-28-,35-33-,37-34-,42-38-,52-48-. The molecule has 0 bridgehead atoms. The number of unbranched alkanes of at least 4 members (excludes halogenated alkanes) is 27. The van der Waals surface area contributed by atoms with Crippen molar-refractivity contribution >= 4 is 39.5 Å². The molecule has 19 heteroatoms. The number of hydrogen-bond donors (Lipinski definition) is 3. The molecule has 0 saturated carbocycles. The number of aliphatic hydroxyl groups is 1. The van der Waals surface area contributed by atoms with Gasteiger partial charge < -0.3 is 33.8 Å². The molecule has 0 radical (unpaired) electrons. The predicted molar refractivity (Wildman–Crippen MR) is 399 cm³/mol. The van der Waals surface area contributed by atoms with Crippen LogP contribution in [0.15, 0.2) is 109 Å². The number of aliphatic hydroxyl groups excluding tert-OH is 1. The largest absolute Gasteiger partial charge is 0.472 e. The summed E-state index contributed by atoms with van der Waals surface area (Å²) in [6, 6.07) is 0. The minimum absolute atomic E-state index is 0.0712. The van der Waals surface area contributed by atoms with Crippen molar-refractivity contribution in [2.24, 2.45) is 0 Å². The lowest BCUT2D eigenvalue weighted by molar-refractivity contribution is -0.161. The molecule has 0 aromatic rings. The van der Waals surface area contributed by atoms with E-state index in [1.807, 2.05) is 12.2 Å². The van der Waals surface area contributed by atoms with Crippen molar-refractivity contribution in [1.29, 1.82) is 0 Å². The first-order chi connectivity index (χ1) is 47.7. The molecule has 0 fully saturated rings. The maximum absolute atomic E-state index is 13.1. The van der Waals surface area contributed by atoms with E-state index in [-0.39, 0.29) is 25.7 Å². The van der Waals surface area contributed by atoms with Crippen molar-refractivity contribution < 1.29 is 80.2 Å². The fraction of sp³-hybridized carbons (Fsp3) is 0.722. The molecule has 0 aliphatic heterocycles. The van der Waals surface area contributed by atoms with Gasteiger partial charge in [-0.15, -0.1) is 0 Å². The fourth-order valence-corrected chi connectivity index (χ4v) is 11.4. The van der Waals surface area contributed by atoms with E-state index in [0.29, 0.717) is 32.1 Å². The highest BCUT2D eigenvalue weighted by Crippen LogP contribution is 2.45. The zero-order valence-electron chi connectivity index (χ0n) is 61.4. The lowest BCUT2D eigenvalue weighted by atomic mass is 10.1. The highest BCUT2D eigenvalue weighted by Gasteiger charge is 2.30. The third-order valence-electron chi connectivity index (χ3n) is 15.7. The zero-order valence-corrected chi connectivity index (χ0v) is 63.2. The van der Waals surface area contributed by atoms with Gasteiger partial charge in [0.2, 0.25) is 0 Å². The van der Waals surface area contributed by atoms with Gasteiger partial charge in [0.15, 0.2) is 12.2 Å². The number of phosphoric ester groups is 2. The summed E-state index contributed by atoms with van der Waals surface area (Å²) in [4.78, 5) is 72.8. The summed E-state index contributed by atoms with van der Waals surface area (Å²) in [5.74, 6) is -2.27. The van der Waals surface area contributed by atoms with E-state index < -0.39 is 97.5 Å². The van der Waals surface area contributed by atoms with Crippen LogP contribution in [-0.4, -0.2) is 96.7 Å². The summed E-state index contributed by atoms with van der Waals surface area (Å²) in [6.45, 7) is 4.61. The smallest absolute Gasteiger partial charge is 0.462 e. The number of phosphoric acid groups is 2. The summed E-state index contributed by atoms with van der Waals surface area (Å²) >= 11 is 0. The van der Waals surface area contributed by atoms with Gasteiger partial charge in [-0.25, -0.2) is 9.13 Å². The van der Waals surface area contributed by atoms with Gasteiger partial charge in [-0.05, 0) is 148 Å². The second-order valence-electron chi connectivity index (χ2n) is 25.2. The average molecular weight is 1420 g/mol. The van der Waals surface area contributed by atoms with Crippen LogP contribution in [0.2, 0.25) is 0 Å². The Morgan fingerprint density at radius 3 is 0.888 bits per heavy atom. The molecule has 0 heterocycles. The van der Waals surface area contributed by atoms with E-state index in [0.717, 1.165) is 154 Å². The first-order valence-corrected chi connectivity index (χ1v) is 41.1. The Morgan fingerprint density at radius 1 is 0.296 bits per heavy atom. The predicted octanol–water partition coefficient (Wildman–Crippen LogP) is 21.8. The van der Waals surface area contributed by atoms with Crippen LogP contribution < -0.4 is 0 Å². The summed E-state index contributed by atoms with van der Waals surface area (Å²) in [5.41, 5.74) is 0. The number of ether oxygens (including phenoxy) is 4. The molecule has 0 aliphatic carbocycles. The van der Waals surface area contributed by atoms with E-state index in [1.54, 1.807) is 0 Å². The number of allylic oxidation sites excluding steroid dienone is 18. The molecule has 0 amide bonds. The number of carbonyl (C=O) groups is 4. The lowest BCUT2D eigenvalue weighted by Gasteiger charge is -2.21. The lowest BCUT2D eigenvalue weighted by Crippen LogP contribution is -2.30. The summed E-state index contributed by atoms with van der Waals surface area (Å²) in [6.07, 6.45) is 75.1. The average Bonchev–Trinajstić information content (AvgIpc) is 0.969. The first-order valence-electron chi connectivity index (χ1n) is 38.1. The second-order valence-corrected chi connectivity index (χ2v) is 28.1. The van der Waals surface area contributed by atoms with Crippen LogP contribution in [0.4, 0.5) is 0 Å². The highest BCUT2D eigenvalue weighted by atomic mass is 31.2. The van der Waals surface area contributed by atoms with Gasteiger partial charge in [0, 0.05) is 25.7 Å². The Bertz CT molecular complexity index is 2290. The molecular formula is C79H136O17P2. The van der Waals surface area contributed by atoms with Gasteiger partial charge in [0.05, 0.1) is 26.4 Å². The SMILES string of the molecule is CC/C=C\C/C=C\C/C=C\C/C=C\C/C=C\CCCC(=O)OCC(COP(=O)(O)OCC(O)COP(=O)(O)OCC(COC(=O)CCCCCCC/C=C\C/C=C\CCCCC)OC(=O)CCCCCCC/C=C\CCCCCC)OC(=O)CCCCCCC/C=C\CCCCCC. The molecule has 5 atom stereocenters. The third kappa shape index (κ3) is 70.2. The van der Waals surface area contributed by atoms with Crippen LogP contribution in [0, 0.1) is 0 Å². The van der Waals surface area contributed by atoms with Gasteiger partial charge >= 0.3 is 39.5 Å². The first kappa shape index (κ1) is 93.7. The molecule has 3 N–H and O–H groups in total. The van der Waals surface area contributed by atoms with Crippen LogP contribution in [0.3, 0.4) is 0 Å². The Kier molecular flexibility index (Phi) is 68.0. The van der Waals surface area contributed by atoms with Crippen LogP contribution in [0.1, 0.15) is 310 Å². The number of carbonyl (C=O) groups excluding carboxylic acids is 4. The molecule has 5 unspecified atom stereocenters. The molecular weight excluding hydrogens is 1280 g/mol. The van der Waals surface area contributed by atoms with Crippen molar-refractivity contribution in [2.45, 2.75) is 329 Å². The van der Waals surface area contributed by atoms with E-state index in [4.69, 9.17) is 37.0 Å². The molecule has 17 nitrogen and oxygen atoms in total. The molecule has 0 saturated heterocycles. The Hall–Kier alpha value is -4.28.